The van der Waals surface area contributed by atoms with Gasteiger partial charge in [0.05, 0.1) is 0 Å². The molecule has 1 aromatic carbocycles. The lowest BCUT2D eigenvalue weighted by Crippen LogP contribution is -2.32. The highest BCUT2D eigenvalue weighted by molar-refractivity contribution is 6.35. The maximum Gasteiger partial charge on any atom is 0.0452 e. The Hall–Kier alpha value is -0.240. The monoisotopic (exact) mass is 313 g/mol. The van der Waals surface area contributed by atoms with Gasteiger partial charge in [-0.05, 0) is 68.3 Å². The Bertz CT molecular complexity index is 399. The Morgan fingerprint density at radius 1 is 1.10 bits per heavy atom. The summed E-state index contributed by atoms with van der Waals surface area (Å²) in [5, 5.41) is 5.23. The van der Waals surface area contributed by atoms with Gasteiger partial charge < -0.3 is 5.32 Å². The zero-order valence-electron chi connectivity index (χ0n) is 12.3. The number of hydrogen-bond donors (Lipinski definition) is 1. The Balaban J connectivity index is 2.01. The van der Waals surface area contributed by atoms with Crippen molar-refractivity contribution in [3.63, 3.8) is 0 Å². The van der Waals surface area contributed by atoms with Crippen LogP contribution in [0.15, 0.2) is 18.2 Å². The second-order valence-corrected chi connectivity index (χ2v) is 6.73. The van der Waals surface area contributed by atoms with Crippen molar-refractivity contribution in [1.82, 2.24) is 5.32 Å². The fraction of sp³-hybridized carbons (Fsp3) is 0.647. The summed E-state index contributed by atoms with van der Waals surface area (Å²) in [7, 11) is 0. The van der Waals surface area contributed by atoms with Gasteiger partial charge in [0.15, 0.2) is 0 Å². The van der Waals surface area contributed by atoms with E-state index in [1.165, 1.54) is 32.1 Å². The minimum absolute atomic E-state index is 0.713. The van der Waals surface area contributed by atoms with E-state index in [0.29, 0.717) is 5.92 Å². The van der Waals surface area contributed by atoms with Gasteiger partial charge in [-0.15, -0.1) is 0 Å². The molecule has 2 rings (SSSR count). The molecule has 1 fully saturated rings. The molecule has 2 unspecified atom stereocenters. The minimum atomic E-state index is 0.713. The first-order valence-corrected chi connectivity index (χ1v) is 8.61. The maximum atomic E-state index is 6.32. The SMILES string of the molecule is CCCNCC1CCCCC1Cc1c(Cl)cccc1Cl. The lowest BCUT2D eigenvalue weighted by molar-refractivity contribution is 0.229. The zero-order chi connectivity index (χ0) is 14.4. The quantitative estimate of drug-likeness (QED) is 0.699. The third-order valence-corrected chi connectivity index (χ3v) is 5.14. The standard InChI is InChI=1S/C17H25Cl2N/c1-2-10-20-12-14-7-4-3-6-13(14)11-15-16(18)8-5-9-17(15)19/h5,8-9,13-14,20H,2-4,6-7,10-12H2,1H3. The molecule has 0 radical (unpaired) electrons. The third-order valence-electron chi connectivity index (χ3n) is 4.43. The Morgan fingerprint density at radius 3 is 2.40 bits per heavy atom. The molecule has 0 aliphatic heterocycles. The van der Waals surface area contributed by atoms with Gasteiger partial charge >= 0.3 is 0 Å². The van der Waals surface area contributed by atoms with Crippen molar-refractivity contribution in [2.45, 2.75) is 45.4 Å². The molecule has 0 saturated heterocycles. The van der Waals surface area contributed by atoms with Crippen LogP contribution in [0.1, 0.15) is 44.6 Å². The molecule has 1 aliphatic rings. The number of benzene rings is 1. The maximum absolute atomic E-state index is 6.32. The van der Waals surface area contributed by atoms with Crippen molar-refractivity contribution in [2.75, 3.05) is 13.1 Å². The van der Waals surface area contributed by atoms with Crippen molar-refractivity contribution in [3.8, 4) is 0 Å². The summed E-state index contributed by atoms with van der Waals surface area (Å²) in [5.74, 6) is 1.48. The smallest absolute Gasteiger partial charge is 0.0452 e. The molecule has 112 valence electrons. The molecule has 20 heavy (non-hydrogen) atoms. The highest BCUT2D eigenvalue weighted by Crippen LogP contribution is 2.35. The van der Waals surface area contributed by atoms with Crippen LogP contribution in [0.4, 0.5) is 0 Å². The second-order valence-electron chi connectivity index (χ2n) is 5.91. The summed E-state index contributed by atoms with van der Waals surface area (Å²) in [6, 6.07) is 5.83. The second kappa shape index (κ2) is 8.26. The van der Waals surface area contributed by atoms with Gasteiger partial charge in [-0.2, -0.15) is 0 Å². The van der Waals surface area contributed by atoms with Crippen molar-refractivity contribution in [3.05, 3.63) is 33.8 Å². The van der Waals surface area contributed by atoms with Crippen LogP contribution in [-0.2, 0) is 6.42 Å². The number of nitrogens with one attached hydrogen (secondary N) is 1. The fourth-order valence-corrected chi connectivity index (χ4v) is 3.83. The highest BCUT2D eigenvalue weighted by Gasteiger charge is 2.26. The molecule has 1 aromatic rings. The summed E-state index contributed by atoms with van der Waals surface area (Å²) in [5.41, 5.74) is 1.14. The molecule has 0 heterocycles. The van der Waals surface area contributed by atoms with Crippen LogP contribution < -0.4 is 5.32 Å². The van der Waals surface area contributed by atoms with Crippen molar-refractivity contribution in [2.24, 2.45) is 11.8 Å². The van der Waals surface area contributed by atoms with Crippen molar-refractivity contribution < 1.29 is 0 Å². The van der Waals surface area contributed by atoms with E-state index in [9.17, 15) is 0 Å². The van der Waals surface area contributed by atoms with Gasteiger partial charge in [0, 0.05) is 10.0 Å². The summed E-state index contributed by atoms with van der Waals surface area (Å²) in [6.45, 7) is 4.48. The van der Waals surface area contributed by atoms with Crippen LogP contribution in [0, 0.1) is 11.8 Å². The average molecular weight is 314 g/mol. The molecule has 1 aliphatic carbocycles. The summed E-state index contributed by atoms with van der Waals surface area (Å²) < 4.78 is 0. The molecule has 0 amide bonds. The van der Waals surface area contributed by atoms with Crippen LogP contribution >= 0.6 is 23.2 Å². The number of halogens is 2. The van der Waals surface area contributed by atoms with E-state index in [-0.39, 0.29) is 0 Å². The molecule has 3 heteroatoms. The van der Waals surface area contributed by atoms with Gasteiger partial charge in [0.1, 0.15) is 0 Å². The van der Waals surface area contributed by atoms with Gasteiger partial charge in [-0.1, -0.05) is 49.0 Å². The molecule has 0 spiro atoms. The molecular formula is C17H25Cl2N. The molecule has 1 saturated carbocycles. The van der Waals surface area contributed by atoms with Crippen molar-refractivity contribution in [1.29, 1.82) is 0 Å². The van der Waals surface area contributed by atoms with E-state index in [4.69, 9.17) is 23.2 Å². The van der Waals surface area contributed by atoms with Crippen LogP contribution in [0.3, 0.4) is 0 Å². The van der Waals surface area contributed by atoms with E-state index >= 15 is 0 Å². The molecule has 2 atom stereocenters. The van der Waals surface area contributed by atoms with E-state index in [2.05, 4.69) is 12.2 Å². The van der Waals surface area contributed by atoms with Gasteiger partial charge in [-0.25, -0.2) is 0 Å². The molecular weight excluding hydrogens is 289 g/mol. The van der Waals surface area contributed by atoms with Crippen molar-refractivity contribution >= 4 is 23.2 Å². The van der Waals surface area contributed by atoms with Gasteiger partial charge in [0.25, 0.3) is 0 Å². The van der Waals surface area contributed by atoms with E-state index in [0.717, 1.165) is 41.0 Å². The third kappa shape index (κ3) is 4.38. The van der Waals surface area contributed by atoms with Crippen LogP contribution in [0.5, 0.6) is 0 Å². The summed E-state index contributed by atoms with van der Waals surface area (Å²) in [6.07, 6.45) is 7.58. The minimum Gasteiger partial charge on any atom is -0.316 e. The van der Waals surface area contributed by atoms with Crippen LogP contribution in [0.25, 0.3) is 0 Å². The first kappa shape index (κ1) is 16.1. The zero-order valence-corrected chi connectivity index (χ0v) is 13.8. The van der Waals surface area contributed by atoms with E-state index < -0.39 is 0 Å². The number of hydrogen-bond acceptors (Lipinski definition) is 1. The average Bonchev–Trinajstić information content (AvgIpc) is 2.45. The van der Waals surface area contributed by atoms with Crippen LogP contribution in [-0.4, -0.2) is 13.1 Å². The van der Waals surface area contributed by atoms with Gasteiger partial charge in [-0.3, -0.25) is 0 Å². The van der Waals surface area contributed by atoms with E-state index in [1.807, 2.05) is 18.2 Å². The summed E-state index contributed by atoms with van der Waals surface area (Å²) in [4.78, 5) is 0. The van der Waals surface area contributed by atoms with Gasteiger partial charge in [0.2, 0.25) is 0 Å². The number of rotatable bonds is 6. The Kier molecular flexibility index (Phi) is 6.67. The molecule has 1 nitrogen and oxygen atoms in total. The summed E-state index contributed by atoms with van der Waals surface area (Å²) >= 11 is 12.6. The first-order chi connectivity index (χ1) is 9.72. The highest BCUT2D eigenvalue weighted by atomic mass is 35.5. The fourth-order valence-electron chi connectivity index (χ4n) is 3.28. The largest absolute Gasteiger partial charge is 0.316 e. The predicted molar refractivity (Wildman–Crippen MR) is 88.8 cm³/mol. The Labute approximate surface area is 133 Å². The predicted octanol–water partition coefficient (Wildman–Crippen LogP) is 5.34. The lowest BCUT2D eigenvalue weighted by Gasteiger charge is -2.32. The topological polar surface area (TPSA) is 12.0 Å². The molecule has 1 N–H and O–H groups in total. The molecule has 0 aromatic heterocycles. The van der Waals surface area contributed by atoms with Crippen LogP contribution in [0.2, 0.25) is 10.0 Å². The van der Waals surface area contributed by atoms with E-state index in [1.54, 1.807) is 0 Å². The first-order valence-electron chi connectivity index (χ1n) is 7.86. The Morgan fingerprint density at radius 2 is 1.75 bits per heavy atom. The normalized spacial score (nSPS) is 22.9. The lowest BCUT2D eigenvalue weighted by atomic mass is 9.76. The molecule has 0 bridgehead atoms.